The van der Waals surface area contributed by atoms with Gasteiger partial charge >= 0.3 is 0 Å². The number of guanidine groups is 1. The van der Waals surface area contributed by atoms with Crippen LogP contribution in [0.2, 0.25) is 0 Å². The summed E-state index contributed by atoms with van der Waals surface area (Å²) in [5.41, 5.74) is 1.27. The Labute approximate surface area is 185 Å². The van der Waals surface area contributed by atoms with E-state index in [1.807, 2.05) is 25.0 Å². The minimum atomic E-state index is 0. The highest BCUT2D eigenvalue weighted by Crippen LogP contribution is 2.29. The Morgan fingerprint density at radius 1 is 1.22 bits per heavy atom. The molecule has 0 unspecified atom stereocenters. The molecule has 27 heavy (non-hydrogen) atoms. The first kappa shape index (κ1) is 22.6. The number of thioether (sulfide) groups is 1. The third-order valence-electron chi connectivity index (χ3n) is 5.13. The number of pyridine rings is 1. The van der Waals surface area contributed by atoms with Gasteiger partial charge in [-0.1, -0.05) is 12.8 Å². The van der Waals surface area contributed by atoms with Crippen molar-refractivity contribution in [1.82, 2.24) is 15.2 Å². The number of anilines is 1. The van der Waals surface area contributed by atoms with Crippen molar-refractivity contribution in [1.29, 1.82) is 0 Å². The van der Waals surface area contributed by atoms with E-state index in [9.17, 15) is 0 Å². The van der Waals surface area contributed by atoms with Crippen LogP contribution in [-0.2, 0) is 6.54 Å². The van der Waals surface area contributed by atoms with E-state index in [4.69, 9.17) is 0 Å². The molecular formula is C20H34IN5S. The first-order chi connectivity index (χ1) is 12.6. The predicted octanol–water partition coefficient (Wildman–Crippen LogP) is 3.98. The summed E-state index contributed by atoms with van der Waals surface area (Å²) in [4.78, 5) is 14.0. The van der Waals surface area contributed by atoms with Crippen molar-refractivity contribution < 1.29 is 0 Å². The largest absolute Gasteiger partial charge is 0.357 e. The van der Waals surface area contributed by atoms with Crippen molar-refractivity contribution >= 4 is 47.5 Å². The van der Waals surface area contributed by atoms with Crippen LogP contribution in [0.3, 0.4) is 0 Å². The third kappa shape index (κ3) is 6.69. The van der Waals surface area contributed by atoms with Crippen LogP contribution < -0.4 is 10.2 Å². The molecule has 3 heterocycles. The van der Waals surface area contributed by atoms with Crippen LogP contribution in [0.1, 0.15) is 45.1 Å². The number of aliphatic imine (C=N–C) groups is 1. The van der Waals surface area contributed by atoms with E-state index < -0.39 is 0 Å². The van der Waals surface area contributed by atoms with Crippen LogP contribution in [0.4, 0.5) is 5.82 Å². The monoisotopic (exact) mass is 503 g/mol. The van der Waals surface area contributed by atoms with E-state index >= 15 is 0 Å². The zero-order valence-corrected chi connectivity index (χ0v) is 20.1. The maximum absolute atomic E-state index is 4.62. The zero-order valence-electron chi connectivity index (χ0n) is 16.9. The van der Waals surface area contributed by atoms with E-state index in [1.165, 1.54) is 31.2 Å². The molecule has 2 aliphatic heterocycles. The van der Waals surface area contributed by atoms with E-state index in [2.05, 4.69) is 51.1 Å². The Morgan fingerprint density at radius 3 is 2.63 bits per heavy atom. The standard InChI is InChI=1S/C20H33N5S.HI/c1-20(2)16-25(12-13-26-20)19(21-3)23-15-17-8-9-22-18(14-17)24-10-6-4-5-7-11-24;/h8-9,14H,4-7,10-13,15-16H2,1-3H3,(H,21,23);1H. The summed E-state index contributed by atoms with van der Waals surface area (Å²) in [6.07, 6.45) is 7.19. The van der Waals surface area contributed by atoms with Gasteiger partial charge in [0.25, 0.3) is 0 Å². The molecule has 0 bridgehead atoms. The molecule has 0 aliphatic carbocycles. The summed E-state index contributed by atoms with van der Waals surface area (Å²) in [6, 6.07) is 4.35. The molecule has 2 aliphatic rings. The average Bonchev–Trinajstić information content (AvgIpc) is 2.91. The second-order valence-corrected chi connectivity index (χ2v) is 9.66. The van der Waals surface area contributed by atoms with Gasteiger partial charge in [0.15, 0.2) is 5.96 Å². The SMILES string of the molecule is CN=C(NCc1ccnc(N2CCCCCC2)c1)N1CCSC(C)(C)C1.I. The van der Waals surface area contributed by atoms with Gasteiger partial charge in [0.05, 0.1) is 0 Å². The van der Waals surface area contributed by atoms with E-state index in [-0.39, 0.29) is 28.7 Å². The van der Waals surface area contributed by atoms with Crippen LogP contribution in [0.5, 0.6) is 0 Å². The second kappa shape index (κ2) is 10.7. The van der Waals surface area contributed by atoms with Gasteiger partial charge in [-0.2, -0.15) is 11.8 Å². The van der Waals surface area contributed by atoms with Crippen molar-refractivity contribution in [3.05, 3.63) is 23.9 Å². The number of halogens is 1. The summed E-state index contributed by atoms with van der Waals surface area (Å²) in [6.45, 7) is 9.77. The molecule has 0 spiro atoms. The molecule has 1 aromatic rings. The third-order valence-corrected chi connectivity index (χ3v) is 6.42. The van der Waals surface area contributed by atoms with Crippen molar-refractivity contribution in [2.75, 3.05) is 43.9 Å². The summed E-state index contributed by atoms with van der Waals surface area (Å²) in [5, 5.41) is 3.56. The zero-order chi connectivity index (χ0) is 18.4. The summed E-state index contributed by atoms with van der Waals surface area (Å²) >= 11 is 2.05. The first-order valence-electron chi connectivity index (χ1n) is 9.87. The lowest BCUT2D eigenvalue weighted by Gasteiger charge is -2.39. The maximum Gasteiger partial charge on any atom is 0.193 e. The van der Waals surface area contributed by atoms with Crippen LogP contribution in [-0.4, -0.2) is 59.6 Å². The fourth-order valence-electron chi connectivity index (χ4n) is 3.75. The summed E-state index contributed by atoms with van der Waals surface area (Å²) < 4.78 is 0.284. The van der Waals surface area contributed by atoms with Crippen molar-refractivity contribution in [2.24, 2.45) is 4.99 Å². The van der Waals surface area contributed by atoms with E-state index in [0.29, 0.717) is 0 Å². The quantitative estimate of drug-likeness (QED) is 0.384. The number of aromatic nitrogens is 1. The van der Waals surface area contributed by atoms with Gasteiger partial charge in [-0.15, -0.1) is 24.0 Å². The molecule has 1 N–H and O–H groups in total. The number of nitrogens with one attached hydrogen (secondary N) is 1. The normalized spacial score (nSPS) is 20.6. The molecule has 2 saturated heterocycles. The topological polar surface area (TPSA) is 43.8 Å². The highest BCUT2D eigenvalue weighted by Gasteiger charge is 2.28. The van der Waals surface area contributed by atoms with Gasteiger partial charge in [-0.25, -0.2) is 4.98 Å². The molecule has 0 radical (unpaired) electrons. The van der Waals surface area contributed by atoms with Crippen LogP contribution in [0.15, 0.2) is 23.3 Å². The molecule has 3 rings (SSSR count). The minimum Gasteiger partial charge on any atom is -0.357 e. The molecule has 0 atom stereocenters. The molecular weight excluding hydrogens is 469 g/mol. The Kier molecular flexibility index (Phi) is 8.98. The summed E-state index contributed by atoms with van der Waals surface area (Å²) in [7, 11) is 1.88. The predicted molar refractivity (Wildman–Crippen MR) is 129 cm³/mol. The van der Waals surface area contributed by atoms with Crippen LogP contribution >= 0.6 is 35.7 Å². The van der Waals surface area contributed by atoms with Crippen molar-refractivity contribution in [3.8, 4) is 0 Å². The average molecular weight is 503 g/mol. The van der Waals surface area contributed by atoms with Gasteiger partial charge in [0.2, 0.25) is 0 Å². The number of hydrogen-bond acceptors (Lipinski definition) is 4. The molecule has 0 saturated carbocycles. The molecule has 2 fully saturated rings. The van der Waals surface area contributed by atoms with Gasteiger partial charge in [0, 0.05) is 56.5 Å². The highest BCUT2D eigenvalue weighted by atomic mass is 127. The van der Waals surface area contributed by atoms with Gasteiger partial charge in [0.1, 0.15) is 5.82 Å². The summed E-state index contributed by atoms with van der Waals surface area (Å²) in [5.74, 6) is 3.28. The molecule has 5 nitrogen and oxygen atoms in total. The Balaban J connectivity index is 0.00000261. The van der Waals surface area contributed by atoms with Crippen molar-refractivity contribution in [2.45, 2.75) is 50.8 Å². The number of nitrogens with zero attached hydrogens (tertiary/aromatic N) is 4. The fraction of sp³-hybridized carbons (Fsp3) is 0.700. The Bertz CT molecular complexity index is 614. The Hall–Kier alpha value is -0.700. The highest BCUT2D eigenvalue weighted by molar-refractivity contribution is 14.0. The lowest BCUT2D eigenvalue weighted by atomic mass is 10.2. The first-order valence-corrected chi connectivity index (χ1v) is 10.9. The van der Waals surface area contributed by atoms with Gasteiger partial charge < -0.3 is 15.1 Å². The van der Waals surface area contributed by atoms with E-state index in [1.54, 1.807) is 0 Å². The lowest BCUT2D eigenvalue weighted by Crippen LogP contribution is -2.50. The van der Waals surface area contributed by atoms with E-state index in [0.717, 1.165) is 50.3 Å². The van der Waals surface area contributed by atoms with Gasteiger partial charge in [-0.05, 0) is 44.4 Å². The molecule has 0 amide bonds. The lowest BCUT2D eigenvalue weighted by molar-refractivity contribution is 0.375. The Morgan fingerprint density at radius 2 is 1.96 bits per heavy atom. The van der Waals surface area contributed by atoms with Crippen molar-refractivity contribution in [3.63, 3.8) is 0 Å². The van der Waals surface area contributed by atoms with Gasteiger partial charge in [-0.3, -0.25) is 4.99 Å². The second-order valence-electron chi connectivity index (χ2n) is 7.85. The molecule has 7 heteroatoms. The number of hydrogen-bond donors (Lipinski definition) is 1. The smallest absolute Gasteiger partial charge is 0.193 e. The minimum absolute atomic E-state index is 0. The van der Waals surface area contributed by atoms with Crippen LogP contribution in [0.25, 0.3) is 0 Å². The molecule has 152 valence electrons. The maximum atomic E-state index is 4.62. The van der Waals surface area contributed by atoms with Crippen LogP contribution in [0, 0.1) is 0 Å². The molecule has 1 aromatic heterocycles. The fourth-order valence-corrected chi connectivity index (χ4v) is 4.87. The number of rotatable bonds is 3. The molecule has 0 aromatic carbocycles.